The molecule has 1 aromatic heterocycles. The number of nitrogens with zero attached hydrogens (tertiary/aromatic N) is 2. The highest BCUT2D eigenvalue weighted by Crippen LogP contribution is 2.22. The number of benzene rings is 1. The Hall–Kier alpha value is -2.38. The molecule has 1 unspecified atom stereocenters. The summed E-state index contributed by atoms with van der Waals surface area (Å²) < 4.78 is 1.65. The van der Waals surface area contributed by atoms with Crippen LogP contribution in [0.3, 0.4) is 0 Å². The molecule has 0 bridgehead atoms. The lowest BCUT2D eigenvalue weighted by Crippen LogP contribution is -2.30. The van der Waals surface area contributed by atoms with Crippen LogP contribution in [0.25, 0.3) is 0 Å². The van der Waals surface area contributed by atoms with Gasteiger partial charge in [0.2, 0.25) is 11.8 Å². The van der Waals surface area contributed by atoms with E-state index in [-0.39, 0.29) is 24.2 Å². The monoisotopic (exact) mass is 351 g/mol. The zero-order valence-corrected chi connectivity index (χ0v) is 14.9. The topological polar surface area (TPSA) is 88.1 Å². The van der Waals surface area contributed by atoms with Crippen molar-refractivity contribution in [2.45, 2.75) is 19.9 Å². The zero-order chi connectivity index (χ0) is 17.0. The Labute approximate surface area is 147 Å². The predicted octanol–water partition coefficient (Wildman–Crippen LogP) is 2.01. The van der Waals surface area contributed by atoms with Gasteiger partial charge in [-0.3, -0.25) is 14.3 Å². The number of anilines is 2. The van der Waals surface area contributed by atoms with E-state index in [0.29, 0.717) is 11.4 Å². The van der Waals surface area contributed by atoms with Crippen LogP contribution in [0.1, 0.15) is 24.1 Å². The fourth-order valence-electron chi connectivity index (χ4n) is 2.28. The summed E-state index contributed by atoms with van der Waals surface area (Å²) in [4.78, 5) is 23.7. The average Bonchev–Trinajstić information content (AvgIpc) is 2.89. The second-order valence-electron chi connectivity index (χ2n) is 5.37. The van der Waals surface area contributed by atoms with Gasteiger partial charge in [-0.2, -0.15) is 5.10 Å². The molecule has 0 aliphatic carbocycles. The number of halogens is 1. The highest BCUT2D eigenvalue weighted by Gasteiger charge is 2.20. The molecule has 8 heteroatoms. The van der Waals surface area contributed by atoms with Crippen molar-refractivity contribution in [1.82, 2.24) is 15.1 Å². The zero-order valence-electron chi connectivity index (χ0n) is 14.1. The molecule has 2 rings (SSSR count). The van der Waals surface area contributed by atoms with Gasteiger partial charge < -0.3 is 16.0 Å². The minimum absolute atomic E-state index is 0. The molecule has 0 aliphatic heterocycles. The first-order chi connectivity index (χ1) is 10.9. The first kappa shape index (κ1) is 19.7. The smallest absolute Gasteiger partial charge is 0.246 e. The van der Waals surface area contributed by atoms with Crippen LogP contribution in [0.5, 0.6) is 0 Å². The number of aryl methyl sites for hydroxylation is 2. The van der Waals surface area contributed by atoms with E-state index in [0.717, 1.165) is 11.1 Å². The van der Waals surface area contributed by atoms with Gasteiger partial charge in [0.15, 0.2) is 0 Å². The second kappa shape index (κ2) is 8.47. The van der Waals surface area contributed by atoms with Gasteiger partial charge in [0.05, 0.1) is 6.20 Å². The second-order valence-corrected chi connectivity index (χ2v) is 5.37. The summed E-state index contributed by atoms with van der Waals surface area (Å²) in [5.74, 6) is -0.349. The lowest BCUT2D eigenvalue weighted by Gasteiger charge is -2.16. The molecular formula is C16H22ClN5O2. The molecule has 0 saturated carbocycles. The summed E-state index contributed by atoms with van der Waals surface area (Å²) >= 11 is 0. The van der Waals surface area contributed by atoms with E-state index in [4.69, 9.17) is 0 Å². The lowest BCUT2D eigenvalue weighted by molar-refractivity contribution is -0.118. The molecule has 7 nitrogen and oxygen atoms in total. The van der Waals surface area contributed by atoms with Gasteiger partial charge in [-0.15, -0.1) is 12.4 Å². The highest BCUT2D eigenvalue weighted by molar-refractivity contribution is 5.97. The van der Waals surface area contributed by atoms with Gasteiger partial charge in [-0.1, -0.05) is 6.07 Å². The quantitative estimate of drug-likeness (QED) is 0.768. The lowest BCUT2D eigenvalue weighted by atomic mass is 10.1. The van der Waals surface area contributed by atoms with Crippen molar-refractivity contribution in [1.29, 1.82) is 0 Å². The van der Waals surface area contributed by atoms with E-state index in [1.54, 1.807) is 43.3 Å². The van der Waals surface area contributed by atoms with Crippen molar-refractivity contribution >= 4 is 35.6 Å². The van der Waals surface area contributed by atoms with Crippen LogP contribution < -0.4 is 16.0 Å². The van der Waals surface area contributed by atoms with Gasteiger partial charge >= 0.3 is 0 Å². The van der Waals surface area contributed by atoms with Gasteiger partial charge in [0.25, 0.3) is 0 Å². The minimum atomic E-state index is -0.505. The normalized spacial score (nSPS) is 11.3. The molecule has 1 atom stereocenters. The Morgan fingerprint density at radius 3 is 2.50 bits per heavy atom. The summed E-state index contributed by atoms with van der Waals surface area (Å²) in [5.41, 5.74) is 3.00. The minimum Gasteiger partial charge on any atom is -0.326 e. The number of amides is 2. The highest BCUT2D eigenvalue weighted by atomic mass is 35.5. The van der Waals surface area contributed by atoms with Crippen molar-refractivity contribution in [3.05, 3.63) is 41.7 Å². The number of nitrogens with one attached hydrogen (secondary N) is 3. The molecule has 1 heterocycles. The Bertz CT molecular complexity index is 729. The molecule has 2 aromatic rings. The summed E-state index contributed by atoms with van der Waals surface area (Å²) in [5, 5.41) is 12.7. The Kier molecular flexibility index (Phi) is 6.94. The van der Waals surface area contributed by atoms with Crippen LogP contribution in [-0.2, 0) is 16.6 Å². The van der Waals surface area contributed by atoms with E-state index < -0.39 is 6.04 Å². The van der Waals surface area contributed by atoms with Gasteiger partial charge in [0, 0.05) is 37.1 Å². The number of aromatic nitrogens is 2. The van der Waals surface area contributed by atoms with Gasteiger partial charge in [-0.25, -0.2) is 0 Å². The van der Waals surface area contributed by atoms with Crippen LogP contribution >= 0.6 is 12.4 Å². The fourth-order valence-corrected chi connectivity index (χ4v) is 2.28. The van der Waals surface area contributed by atoms with Crippen molar-refractivity contribution in [3.63, 3.8) is 0 Å². The van der Waals surface area contributed by atoms with Crippen molar-refractivity contribution in [3.8, 4) is 0 Å². The average molecular weight is 352 g/mol. The molecule has 0 spiro atoms. The molecule has 0 fully saturated rings. The molecule has 0 radical (unpaired) electrons. The van der Waals surface area contributed by atoms with Crippen LogP contribution in [-0.4, -0.2) is 28.6 Å². The third-order valence-corrected chi connectivity index (χ3v) is 3.42. The van der Waals surface area contributed by atoms with E-state index in [1.165, 1.54) is 6.92 Å². The maximum Gasteiger partial charge on any atom is 0.246 e. The number of likely N-dealkylation sites (N-methyl/N-ethyl adjacent to an activating group) is 1. The van der Waals surface area contributed by atoms with Crippen molar-refractivity contribution < 1.29 is 9.59 Å². The number of rotatable bonds is 5. The summed E-state index contributed by atoms with van der Waals surface area (Å²) in [6.45, 7) is 3.34. The molecule has 2 amide bonds. The van der Waals surface area contributed by atoms with Crippen LogP contribution in [0.2, 0.25) is 0 Å². The summed E-state index contributed by atoms with van der Waals surface area (Å²) in [6.07, 6.45) is 3.44. The molecule has 0 aliphatic rings. The first-order valence-electron chi connectivity index (χ1n) is 7.25. The Balaban J connectivity index is 0.00000288. The number of carbonyl (C=O) groups is 2. The third kappa shape index (κ3) is 4.81. The predicted molar refractivity (Wildman–Crippen MR) is 96.4 cm³/mol. The fraction of sp³-hybridized carbons (Fsp3) is 0.312. The van der Waals surface area contributed by atoms with Gasteiger partial charge in [0.1, 0.15) is 6.04 Å². The maximum absolute atomic E-state index is 12.5. The van der Waals surface area contributed by atoms with Crippen LogP contribution in [0.15, 0.2) is 30.6 Å². The van der Waals surface area contributed by atoms with E-state index in [2.05, 4.69) is 21.0 Å². The third-order valence-electron chi connectivity index (χ3n) is 3.42. The summed E-state index contributed by atoms with van der Waals surface area (Å²) in [6, 6.07) is 4.88. The first-order valence-corrected chi connectivity index (χ1v) is 7.25. The molecule has 24 heavy (non-hydrogen) atoms. The number of hydrogen-bond donors (Lipinski definition) is 3. The number of carbonyl (C=O) groups excluding carboxylic acids is 2. The van der Waals surface area contributed by atoms with Gasteiger partial charge in [-0.05, 0) is 31.7 Å². The molecule has 1 aromatic carbocycles. The van der Waals surface area contributed by atoms with E-state index in [1.807, 2.05) is 13.0 Å². The SMILES string of the molecule is CNC(C(=O)Nc1ccc(C)c(NC(C)=O)c1)c1cnn(C)c1.Cl. The maximum atomic E-state index is 12.5. The van der Waals surface area contributed by atoms with Crippen LogP contribution in [0.4, 0.5) is 11.4 Å². The molecule has 3 N–H and O–H groups in total. The number of hydrogen-bond acceptors (Lipinski definition) is 4. The molecule has 130 valence electrons. The van der Waals surface area contributed by atoms with E-state index >= 15 is 0 Å². The Morgan fingerprint density at radius 1 is 1.25 bits per heavy atom. The van der Waals surface area contributed by atoms with E-state index in [9.17, 15) is 9.59 Å². The standard InChI is InChI=1S/C16H21N5O2.ClH/c1-10-5-6-13(7-14(10)19-11(2)22)20-16(23)15(17-3)12-8-18-21(4)9-12;/h5-9,15,17H,1-4H3,(H,19,22)(H,20,23);1H. The van der Waals surface area contributed by atoms with Crippen molar-refractivity contribution in [2.24, 2.45) is 7.05 Å². The molecular weight excluding hydrogens is 330 g/mol. The molecule has 0 saturated heterocycles. The van der Waals surface area contributed by atoms with Crippen molar-refractivity contribution in [2.75, 3.05) is 17.7 Å². The Morgan fingerprint density at radius 2 is 1.96 bits per heavy atom. The largest absolute Gasteiger partial charge is 0.326 e. The summed E-state index contributed by atoms with van der Waals surface area (Å²) in [7, 11) is 3.52. The van der Waals surface area contributed by atoms with Crippen LogP contribution in [0, 0.1) is 6.92 Å².